The second kappa shape index (κ2) is 8.56. The molecule has 0 aromatic heterocycles. The molecule has 2 amide bonds. The zero-order valence-electron chi connectivity index (χ0n) is 14.9. The Balaban J connectivity index is 2.07. The van der Waals surface area contributed by atoms with E-state index in [9.17, 15) is 18.4 Å². The van der Waals surface area contributed by atoms with Gasteiger partial charge in [0.2, 0.25) is 11.8 Å². The van der Waals surface area contributed by atoms with Crippen molar-refractivity contribution in [2.24, 2.45) is 5.92 Å². The fourth-order valence-electron chi connectivity index (χ4n) is 2.68. The standard InChI is InChI=1S/C20H22F2N2O2/c1-12(2)18(14-8-10-15(21)11-9-14)20(26)23-13(3)19(25)24-17-7-5-4-6-16(17)22/h4-13,18H,1-3H3,(H,23,26)(H,24,25). The van der Waals surface area contributed by atoms with Gasteiger partial charge >= 0.3 is 0 Å². The SMILES string of the molecule is CC(NC(=O)C(c1ccc(F)cc1)C(C)C)C(=O)Nc1ccccc1F. The first-order chi connectivity index (χ1) is 12.3. The number of halogens is 2. The van der Waals surface area contributed by atoms with Crippen molar-refractivity contribution in [3.05, 3.63) is 65.7 Å². The molecule has 2 aromatic rings. The maximum Gasteiger partial charge on any atom is 0.246 e. The molecule has 0 heterocycles. The van der Waals surface area contributed by atoms with E-state index in [0.717, 1.165) is 0 Å². The Hall–Kier alpha value is -2.76. The molecule has 4 nitrogen and oxygen atoms in total. The highest BCUT2D eigenvalue weighted by atomic mass is 19.1. The highest BCUT2D eigenvalue weighted by molar-refractivity contribution is 5.97. The van der Waals surface area contributed by atoms with Crippen molar-refractivity contribution in [3.8, 4) is 0 Å². The van der Waals surface area contributed by atoms with Gasteiger partial charge in [-0.15, -0.1) is 0 Å². The van der Waals surface area contributed by atoms with Crippen LogP contribution in [0.15, 0.2) is 48.5 Å². The number of benzene rings is 2. The minimum atomic E-state index is -0.858. The summed E-state index contributed by atoms with van der Waals surface area (Å²) in [5.74, 6) is -2.38. The first-order valence-corrected chi connectivity index (χ1v) is 8.41. The molecular weight excluding hydrogens is 338 g/mol. The van der Waals surface area contributed by atoms with Crippen LogP contribution >= 0.6 is 0 Å². The largest absolute Gasteiger partial charge is 0.344 e. The predicted octanol–water partition coefficient (Wildman–Crippen LogP) is 3.85. The molecule has 26 heavy (non-hydrogen) atoms. The highest BCUT2D eigenvalue weighted by Gasteiger charge is 2.27. The van der Waals surface area contributed by atoms with Gasteiger partial charge in [0.05, 0.1) is 11.6 Å². The molecule has 2 aromatic carbocycles. The lowest BCUT2D eigenvalue weighted by Crippen LogP contribution is -2.44. The van der Waals surface area contributed by atoms with Crippen LogP contribution < -0.4 is 10.6 Å². The third-order valence-electron chi connectivity index (χ3n) is 4.06. The topological polar surface area (TPSA) is 58.2 Å². The number of carbonyl (C=O) groups is 2. The molecular formula is C20H22F2N2O2. The van der Waals surface area contributed by atoms with Crippen molar-refractivity contribution in [3.63, 3.8) is 0 Å². The number of carbonyl (C=O) groups excluding carboxylic acids is 2. The Labute approximate surface area is 151 Å². The minimum absolute atomic E-state index is 0.0533. The number of hydrogen-bond acceptors (Lipinski definition) is 2. The summed E-state index contributed by atoms with van der Waals surface area (Å²) in [7, 11) is 0. The summed E-state index contributed by atoms with van der Waals surface area (Å²) in [6.07, 6.45) is 0. The molecule has 0 radical (unpaired) electrons. The molecule has 2 unspecified atom stereocenters. The van der Waals surface area contributed by atoms with E-state index in [1.54, 1.807) is 18.2 Å². The van der Waals surface area contributed by atoms with E-state index in [2.05, 4.69) is 10.6 Å². The first-order valence-electron chi connectivity index (χ1n) is 8.41. The second-order valence-electron chi connectivity index (χ2n) is 6.47. The first kappa shape index (κ1) is 19.6. The van der Waals surface area contributed by atoms with E-state index in [1.165, 1.54) is 37.3 Å². The van der Waals surface area contributed by atoms with E-state index >= 15 is 0 Å². The number of anilines is 1. The molecule has 0 fully saturated rings. The van der Waals surface area contributed by atoms with Gasteiger partial charge in [-0.25, -0.2) is 8.78 Å². The average molecular weight is 360 g/mol. The highest BCUT2D eigenvalue weighted by Crippen LogP contribution is 2.25. The molecule has 2 atom stereocenters. The molecule has 6 heteroatoms. The van der Waals surface area contributed by atoms with Crippen molar-refractivity contribution >= 4 is 17.5 Å². The van der Waals surface area contributed by atoms with Crippen LogP contribution in [0.4, 0.5) is 14.5 Å². The van der Waals surface area contributed by atoms with E-state index in [-0.39, 0.29) is 23.3 Å². The van der Waals surface area contributed by atoms with Crippen LogP contribution in [0.25, 0.3) is 0 Å². The van der Waals surface area contributed by atoms with E-state index in [4.69, 9.17) is 0 Å². The molecule has 0 spiro atoms. The van der Waals surface area contributed by atoms with Gasteiger partial charge in [0.1, 0.15) is 17.7 Å². The maximum absolute atomic E-state index is 13.6. The molecule has 138 valence electrons. The van der Waals surface area contributed by atoms with E-state index < -0.39 is 23.7 Å². The molecule has 0 saturated heterocycles. The smallest absolute Gasteiger partial charge is 0.246 e. The van der Waals surface area contributed by atoms with Crippen LogP contribution in [-0.4, -0.2) is 17.9 Å². The molecule has 2 N–H and O–H groups in total. The van der Waals surface area contributed by atoms with Gasteiger partial charge in [-0.1, -0.05) is 38.1 Å². The summed E-state index contributed by atoms with van der Waals surface area (Å²) in [6, 6.07) is 10.7. The molecule has 0 bridgehead atoms. The lowest BCUT2D eigenvalue weighted by molar-refractivity contribution is -0.127. The van der Waals surface area contributed by atoms with Crippen LogP contribution in [0.3, 0.4) is 0 Å². The number of amides is 2. The van der Waals surface area contributed by atoms with Gasteiger partial charge in [0.25, 0.3) is 0 Å². The van der Waals surface area contributed by atoms with Gasteiger partial charge in [-0.2, -0.15) is 0 Å². The third-order valence-corrected chi connectivity index (χ3v) is 4.06. The number of rotatable bonds is 6. The van der Waals surface area contributed by atoms with Gasteiger partial charge in [0.15, 0.2) is 0 Å². The van der Waals surface area contributed by atoms with Crippen LogP contribution in [0, 0.1) is 17.6 Å². The van der Waals surface area contributed by atoms with Crippen LogP contribution in [0.2, 0.25) is 0 Å². The average Bonchev–Trinajstić information content (AvgIpc) is 2.58. The second-order valence-corrected chi connectivity index (χ2v) is 6.47. The van der Waals surface area contributed by atoms with Crippen molar-refractivity contribution in [1.29, 1.82) is 0 Å². The number of para-hydroxylation sites is 1. The molecule has 0 aliphatic rings. The van der Waals surface area contributed by atoms with Gasteiger partial charge in [-0.05, 0) is 42.7 Å². The summed E-state index contributed by atoms with van der Waals surface area (Å²) < 4.78 is 26.8. The summed E-state index contributed by atoms with van der Waals surface area (Å²) in [5, 5.41) is 5.10. The van der Waals surface area contributed by atoms with E-state index in [1.807, 2.05) is 13.8 Å². The van der Waals surface area contributed by atoms with Crippen LogP contribution in [0.5, 0.6) is 0 Å². The number of nitrogens with one attached hydrogen (secondary N) is 2. The molecule has 2 rings (SSSR count). The maximum atomic E-state index is 13.6. The minimum Gasteiger partial charge on any atom is -0.344 e. The van der Waals surface area contributed by atoms with Gasteiger partial charge in [-0.3, -0.25) is 9.59 Å². The fraction of sp³-hybridized carbons (Fsp3) is 0.300. The number of hydrogen-bond donors (Lipinski definition) is 2. The van der Waals surface area contributed by atoms with E-state index in [0.29, 0.717) is 5.56 Å². The molecule has 0 aliphatic carbocycles. The molecule has 0 saturated carbocycles. The van der Waals surface area contributed by atoms with Gasteiger partial charge < -0.3 is 10.6 Å². The zero-order chi connectivity index (χ0) is 19.3. The summed E-state index contributed by atoms with van der Waals surface area (Å²) >= 11 is 0. The summed E-state index contributed by atoms with van der Waals surface area (Å²) in [4.78, 5) is 24.9. The van der Waals surface area contributed by atoms with Crippen molar-refractivity contribution in [2.45, 2.75) is 32.7 Å². The Morgan fingerprint density at radius 1 is 0.885 bits per heavy atom. The lowest BCUT2D eigenvalue weighted by Gasteiger charge is -2.23. The Morgan fingerprint density at radius 3 is 2.08 bits per heavy atom. The van der Waals surface area contributed by atoms with Crippen LogP contribution in [0.1, 0.15) is 32.3 Å². The monoisotopic (exact) mass is 360 g/mol. The van der Waals surface area contributed by atoms with Gasteiger partial charge in [0, 0.05) is 0 Å². The fourth-order valence-corrected chi connectivity index (χ4v) is 2.68. The summed E-state index contributed by atoms with van der Waals surface area (Å²) in [5.41, 5.74) is 0.721. The zero-order valence-corrected chi connectivity index (χ0v) is 14.9. The van der Waals surface area contributed by atoms with Crippen LogP contribution in [-0.2, 0) is 9.59 Å². The third kappa shape index (κ3) is 4.88. The molecule has 0 aliphatic heterocycles. The lowest BCUT2D eigenvalue weighted by atomic mass is 9.87. The predicted molar refractivity (Wildman–Crippen MR) is 96.6 cm³/mol. The Morgan fingerprint density at radius 2 is 1.50 bits per heavy atom. The quantitative estimate of drug-likeness (QED) is 0.822. The van der Waals surface area contributed by atoms with Crippen molar-refractivity contribution in [1.82, 2.24) is 5.32 Å². The Bertz CT molecular complexity index is 776. The Kier molecular flexibility index (Phi) is 6.44. The summed E-state index contributed by atoms with van der Waals surface area (Å²) in [6.45, 7) is 5.27. The van der Waals surface area contributed by atoms with Crippen molar-refractivity contribution < 1.29 is 18.4 Å². The normalized spacial score (nSPS) is 13.2. The van der Waals surface area contributed by atoms with Crippen molar-refractivity contribution in [2.75, 3.05) is 5.32 Å².